The molecule has 0 aromatic heterocycles. The Bertz CT molecular complexity index is 727. The lowest BCUT2D eigenvalue weighted by atomic mass is 10.1. The van der Waals surface area contributed by atoms with E-state index in [1.54, 1.807) is 17.0 Å². The highest BCUT2D eigenvalue weighted by molar-refractivity contribution is 6.30. The van der Waals surface area contributed by atoms with Gasteiger partial charge in [-0.2, -0.15) is 0 Å². The molecule has 2 aromatic rings. The quantitative estimate of drug-likeness (QED) is 0.577. The van der Waals surface area contributed by atoms with Gasteiger partial charge in [0.1, 0.15) is 0 Å². The number of rotatable bonds is 9. The molecule has 0 aliphatic carbocycles. The summed E-state index contributed by atoms with van der Waals surface area (Å²) in [5.74, 6) is -0.155. The van der Waals surface area contributed by atoms with Gasteiger partial charge in [-0.3, -0.25) is 4.79 Å². The molecule has 0 atom stereocenters. The first-order chi connectivity index (χ1) is 13.1. The van der Waals surface area contributed by atoms with Crippen molar-refractivity contribution in [1.82, 2.24) is 15.5 Å². The van der Waals surface area contributed by atoms with Gasteiger partial charge in [0.05, 0.1) is 6.54 Å². The average molecular weight is 425 g/mol. The van der Waals surface area contributed by atoms with Crippen molar-refractivity contribution in [2.24, 2.45) is 5.73 Å². The molecule has 3 amide bonds. The Labute approximate surface area is 176 Å². The van der Waals surface area contributed by atoms with Crippen LogP contribution >= 0.6 is 24.0 Å². The molecule has 0 aliphatic rings. The van der Waals surface area contributed by atoms with Crippen molar-refractivity contribution < 1.29 is 9.59 Å². The fourth-order valence-electron chi connectivity index (χ4n) is 2.54. The van der Waals surface area contributed by atoms with Crippen molar-refractivity contribution in [2.45, 2.75) is 13.0 Å². The minimum atomic E-state index is -0.394. The van der Waals surface area contributed by atoms with E-state index in [9.17, 15) is 9.59 Å². The number of carbonyl (C=O) groups is 2. The topological polar surface area (TPSA) is 87.5 Å². The van der Waals surface area contributed by atoms with Gasteiger partial charge >= 0.3 is 6.03 Å². The van der Waals surface area contributed by atoms with Gasteiger partial charge < -0.3 is 21.3 Å². The van der Waals surface area contributed by atoms with Crippen LogP contribution in [-0.2, 0) is 17.8 Å². The molecule has 0 unspecified atom stereocenters. The Morgan fingerprint density at radius 1 is 0.929 bits per heavy atom. The molecule has 8 heteroatoms. The summed E-state index contributed by atoms with van der Waals surface area (Å²) in [7, 11) is 0. The van der Waals surface area contributed by atoms with Gasteiger partial charge in [-0.15, -0.1) is 12.4 Å². The Balaban J connectivity index is 0.00000392. The number of urea groups is 1. The molecule has 6 nitrogen and oxygen atoms in total. The maximum Gasteiger partial charge on any atom is 0.315 e. The molecule has 28 heavy (non-hydrogen) atoms. The highest BCUT2D eigenvalue weighted by Gasteiger charge is 2.13. The first-order valence-corrected chi connectivity index (χ1v) is 9.24. The van der Waals surface area contributed by atoms with Crippen LogP contribution in [0.25, 0.3) is 0 Å². The van der Waals surface area contributed by atoms with Crippen LogP contribution in [0.4, 0.5) is 4.79 Å². The van der Waals surface area contributed by atoms with Gasteiger partial charge in [-0.05, 0) is 29.7 Å². The maximum atomic E-state index is 12.4. The summed E-state index contributed by atoms with van der Waals surface area (Å²) in [6.07, 6.45) is 0.745. The number of nitrogens with zero attached hydrogens (tertiary/aromatic N) is 1. The number of hydrogen-bond acceptors (Lipinski definition) is 3. The number of nitrogens with one attached hydrogen (secondary N) is 2. The molecule has 0 fully saturated rings. The molecular formula is C20H26Cl2N4O2. The highest BCUT2D eigenvalue weighted by atomic mass is 35.5. The van der Waals surface area contributed by atoms with Crippen LogP contribution in [0.1, 0.15) is 11.1 Å². The van der Waals surface area contributed by atoms with Crippen molar-refractivity contribution in [3.8, 4) is 0 Å². The maximum absolute atomic E-state index is 12.4. The molecule has 0 saturated carbocycles. The third-order valence-electron chi connectivity index (χ3n) is 4.03. The highest BCUT2D eigenvalue weighted by Crippen LogP contribution is 2.09. The van der Waals surface area contributed by atoms with Crippen molar-refractivity contribution in [3.63, 3.8) is 0 Å². The lowest BCUT2D eigenvalue weighted by Gasteiger charge is -2.22. The first kappa shape index (κ1) is 23.8. The van der Waals surface area contributed by atoms with Crippen LogP contribution < -0.4 is 16.4 Å². The number of halogens is 2. The summed E-state index contributed by atoms with van der Waals surface area (Å²) in [6, 6.07) is 16.7. The number of nitrogens with two attached hydrogens (primary N) is 1. The van der Waals surface area contributed by atoms with Gasteiger partial charge in [0.2, 0.25) is 5.91 Å². The summed E-state index contributed by atoms with van der Waals surface area (Å²) in [5, 5.41) is 5.95. The molecule has 0 bridgehead atoms. The second-order valence-electron chi connectivity index (χ2n) is 6.07. The fourth-order valence-corrected chi connectivity index (χ4v) is 2.67. The summed E-state index contributed by atoms with van der Waals surface area (Å²) < 4.78 is 0. The van der Waals surface area contributed by atoms with Gasteiger partial charge in [-0.25, -0.2) is 4.79 Å². The van der Waals surface area contributed by atoms with Crippen molar-refractivity contribution >= 4 is 35.9 Å². The fraction of sp³-hybridized carbons (Fsp3) is 0.300. The van der Waals surface area contributed by atoms with Crippen LogP contribution in [0.2, 0.25) is 5.02 Å². The first-order valence-electron chi connectivity index (χ1n) is 8.86. The summed E-state index contributed by atoms with van der Waals surface area (Å²) in [4.78, 5) is 26.0. The lowest BCUT2D eigenvalue weighted by Crippen LogP contribution is -2.45. The Hall–Kier alpha value is -2.28. The zero-order chi connectivity index (χ0) is 19.5. The van der Waals surface area contributed by atoms with E-state index in [0.29, 0.717) is 31.2 Å². The number of amides is 3. The number of carbonyl (C=O) groups excluding carboxylic acids is 2. The van der Waals surface area contributed by atoms with Gasteiger partial charge in [0.25, 0.3) is 0 Å². The van der Waals surface area contributed by atoms with E-state index < -0.39 is 6.03 Å². The molecule has 152 valence electrons. The zero-order valence-electron chi connectivity index (χ0n) is 15.6. The molecule has 0 radical (unpaired) electrons. The van der Waals surface area contributed by atoms with E-state index in [-0.39, 0.29) is 24.9 Å². The molecule has 0 spiro atoms. The Morgan fingerprint density at radius 2 is 1.61 bits per heavy atom. The van der Waals surface area contributed by atoms with E-state index in [1.165, 1.54) is 0 Å². The van der Waals surface area contributed by atoms with Gasteiger partial charge in [-0.1, -0.05) is 54.1 Å². The minimum absolute atomic E-state index is 0. The standard InChI is InChI=1S/C20H25ClN4O2.ClH/c21-18-8-6-17(7-9-18)14-23-20(27)24-15-19(26)25(13-11-22)12-10-16-4-2-1-3-5-16;/h1-9H,10-15,22H2,(H2,23,24,27);1H. The molecule has 0 aliphatic heterocycles. The molecule has 0 heterocycles. The smallest absolute Gasteiger partial charge is 0.315 e. The predicted octanol–water partition coefficient (Wildman–Crippen LogP) is 2.59. The Kier molecular flexibility index (Phi) is 11.0. The third-order valence-corrected chi connectivity index (χ3v) is 4.28. The van der Waals surface area contributed by atoms with E-state index in [4.69, 9.17) is 17.3 Å². The van der Waals surface area contributed by atoms with Crippen LogP contribution in [0.5, 0.6) is 0 Å². The van der Waals surface area contributed by atoms with Gasteiger partial charge in [0.15, 0.2) is 0 Å². The van der Waals surface area contributed by atoms with Crippen LogP contribution in [-0.4, -0.2) is 43.0 Å². The summed E-state index contributed by atoms with van der Waals surface area (Å²) in [6.45, 7) is 1.69. The van der Waals surface area contributed by atoms with Crippen LogP contribution in [0, 0.1) is 0 Å². The zero-order valence-corrected chi connectivity index (χ0v) is 17.1. The van der Waals surface area contributed by atoms with E-state index in [1.807, 2.05) is 42.5 Å². The van der Waals surface area contributed by atoms with E-state index >= 15 is 0 Å². The van der Waals surface area contributed by atoms with Crippen LogP contribution in [0.3, 0.4) is 0 Å². The van der Waals surface area contributed by atoms with Crippen molar-refractivity contribution in [1.29, 1.82) is 0 Å². The molecule has 0 saturated heterocycles. The van der Waals surface area contributed by atoms with Crippen LogP contribution in [0.15, 0.2) is 54.6 Å². The number of benzene rings is 2. The minimum Gasteiger partial charge on any atom is -0.340 e. The Morgan fingerprint density at radius 3 is 2.25 bits per heavy atom. The molecule has 2 rings (SSSR count). The van der Waals surface area contributed by atoms with Crippen molar-refractivity contribution in [3.05, 3.63) is 70.7 Å². The molecule has 2 aromatic carbocycles. The monoisotopic (exact) mass is 424 g/mol. The second kappa shape index (κ2) is 13.0. The SMILES string of the molecule is Cl.NCCN(CCc1ccccc1)C(=O)CNC(=O)NCc1ccc(Cl)cc1. The summed E-state index contributed by atoms with van der Waals surface area (Å²) in [5.41, 5.74) is 7.69. The average Bonchev–Trinajstić information content (AvgIpc) is 2.69. The van der Waals surface area contributed by atoms with Gasteiger partial charge in [0, 0.05) is 31.2 Å². The third kappa shape index (κ3) is 8.61. The largest absolute Gasteiger partial charge is 0.340 e. The predicted molar refractivity (Wildman–Crippen MR) is 115 cm³/mol. The van der Waals surface area contributed by atoms with E-state index in [2.05, 4.69) is 10.6 Å². The molecular weight excluding hydrogens is 399 g/mol. The normalized spacial score (nSPS) is 9.93. The number of hydrogen-bond donors (Lipinski definition) is 3. The second-order valence-corrected chi connectivity index (χ2v) is 6.50. The summed E-state index contributed by atoms with van der Waals surface area (Å²) >= 11 is 5.83. The lowest BCUT2D eigenvalue weighted by molar-refractivity contribution is -0.129. The van der Waals surface area contributed by atoms with E-state index in [0.717, 1.165) is 17.5 Å². The molecule has 4 N–H and O–H groups in total. The van der Waals surface area contributed by atoms with Crippen molar-refractivity contribution in [2.75, 3.05) is 26.2 Å².